The molecule has 0 nitrogen and oxygen atoms in total. The van der Waals surface area contributed by atoms with Gasteiger partial charge in [0.1, 0.15) is 0 Å². The molecule has 66 valence electrons. The first-order chi connectivity index (χ1) is 5.08. The third kappa shape index (κ3) is 1.77. The number of hydrogen-bond donors (Lipinski definition) is 0. The van der Waals surface area contributed by atoms with Gasteiger partial charge in [-0.3, -0.25) is 0 Å². The molecular formula is C11H22. The molecule has 0 amide bonds. The molecule has 1 aliphatic carbocycles. The van der Waals surface area contributed by atoms with E-state index in [1.54, 1.807) is 0 Å². The minimum Gasteiger partial charge on any atom is -0.0651 e. The second kappa shape index (κ2) is 3.16. The van der Waals surface area contributed by atoms with Gasteiger partial charge in [0.25, 0.3) is 0 Å². The minimum absolute atomic E-state index is 0.617. The molecule has 2 atom stereocenters. The van der Waals surface area contributed by atoms with Gasteiger partial charge < -0.3 is 0 Å². The Labute approximate surface area is 71.4 Å². The van der Waals surface area contributed by atoms with Crippen molar-refractivity contribution in [1.29, 1.82) is 0 Å². The molecule has 1 saturated carbocycles. The Morgan fingerprint density at radius 2 is 2.00 bits per heavy atom. The highest BCUT2D eigenvalue weighted by molar-refractivity contribution is 4.85. The quantitative estimate of drug-likeness (QED) is 0.538. The van der Waals surface area contributed by atoms with Crippen molar-refractivity contribution in [1.82, 2.24) is 0 Å². The summed E-state index contributed by atoms with van der Waals surface area (Å²) in [7, 11) is 0. The first-order valence-corrected chi connectivity index (χ1v) is 5.08. The summed E-state index contributed by atoms with van der Waals surface area (Å²) in [6, 6.07) is 0. The van der Waals surface area contributed by atoms with E-state index in [4.69, 9.17) is 0 Å². The lowest BCUT2D eigenvalue weighted by Crippen LogP contribution is -2.32. The normalized spacial score (nSPS) is 37.1. The molecule has 0 aliphatic heterocycles. The van der Waals surface area contributed by atoms with Crippen LogP contribution in [0.1, 0.15) is 53.4 Å². The van der Waals surface area contributed by atoms with E-state index in [0.29, 0.717) is 5.41 Å². The third-order valence-corrected chi connectivity index (χ3v) is 3.61. The van der Waals surface area contributed by atoms with Gasteiger partial charge in [0.05, 0.1) is 0 Å². The van der Waals surface area contributed by atoms with E-state index in [-0.39, 0.29) is 0 Å². The molecule has 11 heavy (non-hydrogen) atoms. The molecule has 1 fully saturated rings. The minimum atomic E-state index is 0.617. The Kier molecular flexibility index (Phi) is 2.61. The summed E-state index contributed by atoms with van der Waals surface area (Å²) in [6.45, 7) is 9.65. The largest absolute Gasteiger partial charge is 0.0651 e. The SMILES string of the molecule is CCC1[C@H](C)CCCC1(C)C. The standard InChI is InChI=1S/C11H22/c1-5-10-9(2)7-6-8-11(10,3)4/h9-10H,5-8H2,1-4H3/t9-,10?/m1/s1. The van der Waals surface area contributed by atoms with Crippen LogP contribution in [-0.2, 0) is 0 Å². The Hall–Kier alpha value is 0. The molecule has 1 rings (SSSR count). The van der Waals surface area contributed by atoms with E-state index in [0.717, 1.165) is 11.8 Å². The molecule has 0 radical (unpaired) electrons. The van der Waals surface area contributed by atoms with Gasteiger partial charge in [-0.15, -0.1) is 0 Å². The highest BCUT2D eigenvalue weighted by atomic mass is 14.4. The van der Waals surface area contributed by atoms with E-state index in [1.165, 1.54) is 25.7 Å². The zero-order valence-corrected chi connectivity index (χ0v) is 8.48. The van der Waals surface area contributed by atoms with Crippen molar-refractivity contribution < 1.29 is 0 Å². The van der Waals surface area contributed by atoms with Crippen molar-refractivity contribution in [3.05, 3.63) is 0 Å². The lowest BCUT2D eigenvalue weighted by molar-refractivity contribution is 0.0807. The van der Waals surface area contributed by atoms with E-state index in [9.17, 15) is 0 Å². The molecule has 0 heteroatoms. The van der Waals surface area contributed by atoms with Crippen LogP contribution in [-0.4, -0.2) is 0 Å². The van der Waals surface area contributed by atoms with Crippen LogP contribution in [0.4, 0.5) is 0 Å². The van der Waals surface area contributed by atoms with Crippen LogP contribution in [0.3, 0.4) is 0 Å². The Morgan fingerprint density at radius 3 is 2.36 bits per heavy atom. The van der Waals surface area contributed by atoms with Gasteiger partial charge in [-0.25, -0.2) is 0 Å². The molecule has 0 N–H and O–H groups in total. The zero-order chi connectivity index (χ0) is 8.48. The summed E-state index contributed by atoms with van der Waals surface area (Å²) < 4.78 is 0. The average Bonchev–Trinajstić information content (AvgIpc) is 1.86. The Bertz CT molecular complexity index is 124. The molecule has 0 saturated heterocycles. The van der Waals surface area contributed by atoms with Gasteiger partial charge in [-0.1, -0.05) is 47.0 Å². The summed E-state index contributed by atoms with van der Waals surface area (Å²) in [5, 5.41) is 0. The topological polar surface area (TPSA) is 0 Å². The maximum atomic E-state index is 2.44. The van der Waals surface area contributed by atoms with E-state index >= 15 is 0 Å². The third-order valence-electron chi connectivity index (χ3n) is 3.61. The molecule has 0 bridgehead atoms. The second-order valence-electron chi connectivity index (χ2n) is 4.87. The van der Waals surface area contributed by atoms with Crippen LogP contribution in [0.25, 0.3) is 0 Å². The van der Waals surface area contributed by atoms with Crippen molar-refractivity contribution in [2.24, 2.45) is 17.3 Å². The van der Waals surface area contributed by atoms with Crippen LogP contribution >= 0.6 is 0 Å². The fourth-order valence-corrected chi connectivity index (χ4v) is 2.99. The predicted octanol–water partition coefficient (Wildman–Crippen LogP) is 3.86. The first kappa shape index (κ1) is 9.09. The molecular weight excluding hydrogens is 132 g/mol. The highest BCUT2D eigenvalue weighted by Gasteiger charge is 2.34. The van der Waals surface area contributed by atoms with Crippen LogP contribution in [0.5, 0.6) is 0 Å². The van der Waals surface area contributed by atoms with Gasteiger partial charge in [0.2, 0.25) is 0 Å². The van der Waals surface area contributed by atoms with E-state index < -0.39 is 0 Å². The van der Waals surface area contributed by atoms with Crippen molar-refractivity contribution in [2.45, 2.75) is 53.4 Å². The maximum absolute atomic E-state index is 2.44. The monoisotopic (exact) mass is 154 g/mol. The number of rotatable bonds is 1. The second-order valence-corrected chi connectivity index (χ2v) is 4.87. The van der Waals surface area contributed by atoms with Crippen molar-refractivity contribution in [3.8, 4) is 0 Å². The summed E-state index contributed by atoms with van der Waals surface area (Å²) in [4.78, 5) is 0. The zero-order valence-electron chi connectivity index (χ0n) is 8.48. The summed E-state index contributed by atoms with van der Waals surface area (Å²) in [5.74, 6) is 1.93. The lowest BCUT2D eigenvalue weighted by Gasteiger charge is -2.42. The Balaban J connectivity index is 2.64. The van der Waals surface area contributed by atoms with Crippen molar-refractivity contribution in [3.63, 3.8) is 0 Å². The average molecular weight is 154 g/mol. The van der Waals surface area contributed by atoms with Crippen LogP contribution in [0.2, 0.25) is 0 Å². The van der Waals surface area contributed by atoms with E-state index in [2.05, 4.69) is 27.7 Å². The van der Waals surface area contributed by atoms with E-state index in [1.807, 2.05) is 0 Å². The van der Waals surface area contributed by atoms with Crippen molar-refractivity contribution in [2.75, 3.05) is 0 Å². The predicted molar refractivity (Wildman–Crippen MR) is 50.6 cm³/mol. The number of hydrogen-bond acceptors (Lipinski definition) is 0. The van der Waals surface area contributed by atoms with Crippen LogP contribution in [0, 0.1) is 17.3 Å². The lowest BCUT2D eigenvalue weighted by atomic mass is 9.63. The van der Waals surface area contributed by atoms with Gasteiger partial charge in [-0.05, 0) is 23.7 Å². The smallest absolute Gasteiger partial charge is 0.0323 e. The van der Waals surface area contributed by atoms with Crippen LogP contribution in [0.15, 0.2) is 0 Å². The summed E-state index contributed by atoms with van der Waals surface area (Å²) >= 11 is 0. The highest BCUT2D eigenvalue weighted by Crippen LogP contribution is 2.45. The molecule has 1 unspecified atom stereocenters. The molecule has 0 heterocycles. The van der Waals surface area contributed by atoms with Gasteiger partial charge in [-0.2, -0.15) is 0 Å². The van der Waals surface area contributed by atoms with Crippen molar-refractivity contribution >= 4 is 0 Å². The fraction of sp³-hybridized carbons (Fsp3) is 1.00. The Morgan fingerprint density at radius 1 is 1.36 bits per heavy atom. The first-order valence-electron chi connectivity index (χ1n) is 5.08. The summed E-state index contributed by atoms with van der Waals surface area (Å²) in [6.07, 6.45) is 5.72. The molecule has 0 aromatic rings. The van der Waals surface area contributed by atoms with Gasteiger partial charge >= 0.3 is 0 Å². The van der Waals surface area contributed by atoms with Crippen LogP contribution < -0.4 is 0 Å². The molecule has 0 aromatic carbocycles. The summed E-state index contributed by atoms with van der Waals surface area (Å²) in [5.41, 5.74) is 0.617. The molecule has 0 aromatic heterocycles. The van der Waals surface area contributed by atoms with Gasteiger partial charge in [0, 0.05) is 0 Å². The molecule has 1 aliphatic rings. The maximum Gasteiger partial charge on any atom is -0.0323 e. The molecule has 0 spiro atoms. The van der Waals surface area contributed by atoms with Gasteiger partial charge in [0.15, 0.2) is 0 Å². The fourth-order valence-electron chi connectivity index (χ4n) is 2.99.